The lowest BCUT2D eigenvalue weighted by Gasteiger charge is -2.02. The molecule has 0 fully saturated rings. The van der Waals surface area contributed by atoms with Gasteiger partial charge >= 0.3 is 5.97 Å². The predicted octanol–water partition coefficient (Wildman–Crippen LogP) is 2.51. The minimum atomic E-state index is -0.937. The highest BCUT2D eigenvalue weighted by Gasteiger charge is 2.14. The van der Waals surface area contributed by atoms with Gasteiger partial charge in [-0.1, -0.05) is 0 Å². The van der Waals surface area contributed by atoms with Gasteiger partial charge in [-0.2, -0.15) is 0 Å². The fourth-order valence-corrected chi connectivity index (χ4v) is 1.13. The second-order valence-corrected chi connectivity index (χ2v) is 3.09. The van der Waals surface area contributed by atoms with E-state index in [4.69, 9.17) is 0 Å². The highest BCUT2D eigenvalue weighted by molar-refractivity contribution is 9.10. The van der Waals surface area contributed by atoms with Crippen LogP contribution in [0.15, 0.2) is 16.6 Å². The molecule has 0 aliphatic heterocycles. The lowest BCUT2D eigenvalue weighted by Crippen LogP contribution is -2.05. The van der Waals surface area contributed by atoms with Crippen LogP contribution in [0.4, 0.5) is 8.78 Å². The van der Waals surface area contributed by atoms with Crippen LogP contribution in [0.3, 0.4) is 0 Å². The molecule has 1 aromatic rings. The van der Waals surface area contributed by atoms with Gasteiger partial charge in [-0.3, -0.25) is 0 Å². The van der Waals surface area contributed by atoms with Crippen LogP contribution >= 0.6 is 15.9 Å². The van der Waals surface area contributed by atoms with Crippen molar-refractivity contribution in [1.82, 2.24) is 0 Å². The molecule has 70 valence electrons. The zero-order valence-electron chi connectivity index (χ0n) is 6.61. The third-order valence-corrected chi connectivity index (χ3v) is 2.02. The van der Waals surface area contributed by atoms with E-state index in [0.29, 0.717) is 6.07 Å². The highest BCUT2D eigenvalue weighted by Crippen LogP contribution is 2.20. The summed E-state index contributed by atoms with van der Waals surface area (Å²) < 4.78 is 29.9. The molecule has 5 heteroatoms. The van der Waals surface area contributed by atoms with E-state index in [9.17, 15) is 13.6 Å². The molecule has 2 nitrogen and oxygen atoms in total. The molecule has 1 rings (SSSR count). The number of esters is 1. The minimum absolute atomic E-state index is 0.0225. The molecule has 0 amide bonds. The van der Waals surface area contributed by atoms with E-state index in [0.717, 1.165) is 13.2 Å². The predicted molar refractivity (Wildman–Crippen MR) is 45.4 cm³/mol. The Balaban J connectivity index is 3.23. The topological polar surface area (TPSA) is 26.3 Å². The molecule has 0 heterocycles. The Morgan fingerprint density at radius 1 is 1.38 bits per heavy atom. The maximum absolute atomic E-state index is 12.9. The van der Waals surface area contributed by atoms with Crippen molar-refractivity contribution >= 4 is 21.9 Å². The number of carbonyl (C=O) groups is 1. The van der Waals surface area contributed by atoms with Crippen molar-refractivity contribution in [2.45, 2.75) is 0 Å². The Hall–Kier alpha value is -0.970. The monoisotopic (exact) mass is 250 g/mol. The summed E-state index contributed by atoms with van der Waals surface area (Å²) in [6, 6.07) is 1.66. The van der Waals surface area contributed by atoms with Gasteiger partial charge in [0.25, 0.3) is 0 Å². The lowest BCUT2D eigenvalue weighted by atomic mass is 10.2. The number of hydrogen-bond acceptors (Lipinski definition) is 2. The van der Waals surface area contributed by atoms with Crippen molar-refractivity contribution in [3.63, 3.8) is 0 Å². The smallest absolute Gasteiger partial charge is 0.340 e. The second kappa shape index (κ2) is 3.83. The van der Waals surface area contributed by atoms with Crippen LogP contribution in [0.5, 0.6) is 0 Å². The van der Waals surface area contributed by atoms with E-state index in [1.807, 2.05) is 0 Å². The van der Waals surface area contributed by atoms with Crippen molar-refractivity contribution in [3.8, 4) is 0 Å². The normalized spacial score (nSPS) is 9.85. The van der Waals surface area contributed by atoms with Gasteiger partial charge in [-0.25, -0.2) is 13.6 Å². The Kier molecular flexibility index (Phi) is 2.98. The van der Waals surface area contributed by atoms with Gasteiger partial charge in [0.1, 0.15) is 11.6 Å². The van der Waals surface area contributed by atoms with E-state index >= 15 is 0 Å². The molecule has 0 spiro atoms. The number of hydrogen-bond donors (Lipinski definition) is 0. The van der Waals surface area contributed by atoms with E-state index in [-0.39, 0.29) is 10.0 Å². The summed E-state index contributed by atoms with van der Waals surface area (Å²) in [4.78, 5) is 10.9. The van der Waals surface area contributed by atoms with Gasteiger partial charge in [-0.15, -0.1) is 0 Å². The maximum atomic E-state index is 12.9. The van der Waals surface area contributed by atoms with Gasteiger partial charge in [0.2, 0.25) is 0 Å². The molecule has 1 aromatic carbocycles. The first-order valence-electron chi connectivity index (χ1n) is 3.29. The Morgan fingerprint density at radius 3 is 2.54 bits per heavy atom. The SMILES string of the molecule is COC(=O)c1cc(Br)c(F)cc1F. The molecule has 0 atom stereocenters. The molecular weight excluding hydrogens is 246 g/mol. The first kappa shape index (κ1) is 10.1. The van der Waals surface area contributed by atoms with Gasteiger partial charge in [0.15, 0.2) is 0 Å². The molecular formula is C8H5BrF2O2. The molecule has 0 aliphatic carbocycles. The summed E-state index contributed by atoms with van der Waals surface area (Å²) in [5.74, 6) is -2.53. The molecule has 0 aromatic heterocycles. The van der Waals surface area contributed by atoms with Gasteiger partial charge in [0.05, 0.1) is 17.1 Å². The second-order valence-electron chi connectivity index (χ2n) is 2.24. The first-order valence-corrected chi connectivity index (χ1v) is 4.08. The van der Waals surface area contributed by atoms with Crippen molar-refractivity contribution in [1.29, 1.82) is 0 Å². The number of methoxy groups -OCH3 is 1. The van der Waals surface area contributed by atoms with Crippen LogP contribution in [0.2, 0.25) is 0 Å². The van der Waals surface area contributed by atoms with E-state index in [1.165, 1.54) is 0 Å². The lowest BCUT2D eigenvalue weighted by molar-refractivity contribution is 0.0595. The Morgan fingerprint density at radius 2 is 2.00 bits per heavy atom. The average Bonchev–Trinajstić information content (AvgIpc) is 2.10. The standard InChI is InChI=1S/C8H5BrF2O2/c1-13-8(12)4-2-5(9)7(11)3-6(4)10/h2-3H,1H3. The third-order valence-electron chi connectivity index (χ3n) is 1.42. The fraction of sp³-hybridized carbons (Fsp3) is 0.125. The number of ether oxygens (including phenoxy) is 1. The van der Waals surface area contributed by atoms with Crippen LogP contribution in [0, 0.1) is 11.6 Å². The Bertz CT molecular complexity index is 352. The summed E-state index contributed by atoms with van der Waals surface area (Å²) in [6.45, 7) is 0. The van der Waals surface area contributed by atoms with E-state index < -0.39 is 17.6 Å². The van der Waals surface area contributed by atoms with Crippen molar-refractivity contribution in [2.24, 2.45) is 0 Å². The minimum Gasteiger partial charge on any atom is -0.465 e. The summed E-state index contributed by atoms with van der Waals surface area (Å²) in [5, 5.41) is 0. The fourth-order valence-electron chi connectivity index (χ4n) is 0.789. The molecule has 0 aliphatic rings. The van der Waals surface area contributed by atoms with E-state index in [2.05, 4.69) is 20.7 Å². The summed E-state index contributed by atoms with van der Waals surface area (Å²) in [5.41, 5.74) is -0.296. The maximum Gasteiger partial charge on any atom is 0.340 e. The first-order chi connectivity index (χ1) is 6.06. The van der Waals surface area contributed by atoms with Crippen LogP contribution < -0.4 is 0 Å². The number of benzene rings is 1. The molecule has 0 N–H and O–H groups in total. The van der Waals surface area contributed by atoms with Crippen molar-refractivity contribution in [2.75, 3.05) is 7.11 Å². The van der Waals surface area contributed by atoms with Crippen molar-refractivity contribution in [3.05, 3.63) is 33.8 Å². The largest absolute Gasteiger partial charge is 0.465 e. The zero-order chi connectivity index (χ0) is 10.0. The van der Waals surface area contributed by atoms with Crippen LogP contribution in [0.25, 0.3) is 0 Å². The molecule has 0 bridgehead atoms. The summed E-state index contributed by atoms with van der Waals surface area (Å²) in [7, 11) is 1.12. The average molecular weight is 251 g/mol. The molecule has 13 heavy (non-hydrogen) atoms. The van der Waals surface area contributed by atoms with Crippen LogP contribution in [-0.2, 0) is 4.74 Å². The molecule has 0 saturated heterocycles. The number of halogens is 3. The van der Waals surface area contributed by atoms with Crippen molar-refractivity contribution < 1.29 is 18.3 Å². The van der Waals surface area contributed by atoms with Crippen LogP contribution in [0.1, 0.15) is 10.4 Å². The molecule has 0 unspecified atom stereocenters. The summed E-state index contributed by atoms with van der Waals surface area (Å²) >= 11 is 2.83. The number of carbonyl (C=O) groups excluding carboxylic acids is 1. The summed E-state index contributed by atoms with van der Waals surface area (Å²) in [6.07, 6.45) is 0. The van der Waals surface area contributed by atoms with Gasteiger partial charge < -0.3 is 4.74 Å². The number of rotatable bonds is 1. The third kappa shape index (κ3) is 2.03. The molecule has 0 radical (unpaired) electrons. The Labute approximate surface area is 81.6 Å². The van der Waals surface area contributed by atoms with Gasteiger partial charge in [-0.05, 0) is 22.0 Å². The molecule has 0 saturated carbocycles. The highest BCUT2D eigenvalue weighted by atomic mass is 79.9. The zero-order valence-corrected chi connectivity index (χ0v) is 8.19. The quantitative estimate of drug-likeness (QED) is 0.566. The van der Waals surface area contributed by atoms with Crippen LogP contribution in [-0.4, -0.2) is 13.1 Å². The van der Waals surface area contributed by atoms with Gasteiger partial charge in [0, 0.05) is 6.07 Å². The van der Waals surface area contributed by atoms with E-state index in [1.54, 1.807) is 0 Å².